The number of carbonyl (C=O) groups excluding carboxylic acids is 3. The number of nitrogens with one attached hydrogen (secondary N) is 1. The van der Waals surface area contributed by atoms with Gasteiger partial charge in [-0.2, -0.15) is 18.4 Å². The highest BCUT2D eigenvalue weighted by Gasteiger charge is 2.47. The lowest BCUT2D eigenvalue weighted by Gasteiger charge is -2.41. The first-order valence-electron chi connectivity index (χ1n) is 18.2. The fraction of sp³-hybridized carbons (Fsp3) is 0.375. The maximum Gasteiger partial charge on any atom is 0.416 e. The molecule has 0 saturated carbocycles. The van der Waals surface area contributed by atoms with Crippen molar-refractivity contribution < 1.29 is 42.8 Å². The van der Waals surface area contributed by atoms with E-state index in [1.54, 1.807) is 31.2 Å². The number of alkyl halides is 3. The maximum absolute atomic E-state index is 14.6. The van der Waals surface area contributed by atoms with Crippen LogP contribution < -0.4 is 15.8 Å². The number of amidine groups is 1. The summed E-state index contributed by atoms with van der Waals surface area (Å²) < 4.78 is 66.5. The fourth-order valence-corrected chi connectivity index (χ4v) is 6.96. The summed E-state index contributed by atoms with van der Waals surface area (Å²) in [5.74, 6) is -3.91. The van der Waals surface area contributed by atoms with Crippen LogP contribution in [0.2, 0.25) is 0 Å². The minimum atomic E-state index is -4.75. The number of carbonyl (C=O) groups is 3. The monoisotopic (exact) mass is 905 g/mol. The molecule has 3 aliphatic rings. The van der Waals surface area contributed by atoms with Crippen molar-refractivity contribution in [1.29, 1.82) is 5.26 Å². The molecule has 3 amide bonds. The molecule has 57 heavy (non-hydrogen) atoms. The molecule has 6 rings (SSSR count). The van der Waals surface area contributed by atoms with E-state index < -0.39 is 53.3 Å². The average Bonchev–Trinajstić information content (AvgIpc) is 3.64. The first kappa shape index (κ1) is 43.1. The molecule has 3 fully saturated rings. The molecule has 0 aromatic heterocycles. The zero-order valence-electron chi connectivity index (χ0n) is 31.2. The highest BCUT2D eigenvalue weighted by Crippen LogP contribution is 2.39. The number of ether oxygens (including phenoxy) is 2. The molecule has 3 N–H and O–H groups in total. The van der Waals surface area contributed by atoms with Crippen LogP contribution in [0.5, 0.6) is 5.75 Å². The average molecular weight is 906 g/mol. The van der Waals surface area contributed by atoms with Crippen LogP contribution in [-0.2, 0) is 20.5 Å². The Hall–Kier alpha value is -5.06. The molecule has 304 valence electrons. The minimum absolute atomic E-state index is 0. The Kier molecular flexibility index (Phi) is 14.0. The van der Waals surface area contributed by atoms with Crippen molar-refractivity contribution in [3.05, 3.63) is 107 Å². The number of aliphatic imine (C=N–C) groups is 1. The summed E-state index contributed by atoms with van der Waals surface area (Å²) in [6.07, 6.45) is -3.79. The molecule has 0 spiro atoms. The summed E-state index contributed by atoms with van der Waals surface area (Å²) in [5.41, 5.74) is 5.55. The van der Waals surface area contributed by atoms with Crippen molar-refractivity contribution in [1.82, 2.24) is 20.0 Å². The number of halogens is 5. The van der Waals surface area contributed by atoms with Crippen molar-refractivity contribution in [3.63, 3.8) is 0 Å². The van der Waals surface area contributed by atoms with E-state index in [0.29, 0.717) is 62.8 Å². The Labute approximate surface area is 345 Å². The van der Waals surface area contributed by atoms with Gasteiger partial charge in [-0.3, -0.25) is 24.2 Å². The normalized spacial score (nSPS) is 21.5. The lowest BCUT2D eigenvalue weighted by atomic mass is 9.78. The molecule has 3 heterocycles. The molecular weight excluding hydrogens is 861 g/mol. The molecule has 3 aromatic rings. The summed E-state index contributed by atoms with van der Waals surface area (Å²) in [6, 6.07) is 15.6. The van der Waals surface area contributed by atoms with Crippen LogP contribution in [0, 0.1) is 17.1 Å². The van der Waals surface area contributed by atoms with Crippen molar-refractivity contribution >= 4 is 53.2 Å². The Morgan fingerprint density at radius 1 is 1.12 bits per heavy atom. The number of benzene rings is 3. The Bertz CT molecular complexity index is 2080. The van der Waals surface area contributed by atoms with Crippen LogP contribution >= 0.6 is 24.0 Å². The van der Waals surface area contributed by atoms with Crippen molar-refractivity contribution in [2.24, 2.45) is 10.7 Å². The van der Waals surface area contributed by atoms with Crippen molar-refractivity contribution in [3.8, 4) is 11.8 Å². The third-order valence-corrected chi connectivity index (χ3v) is 10.1. The second-order valence-corrected chi connectivity index (χ2v) is 13.7. The maximum atomic E-state index is 14.6. The lowest BCUT2D eigenvalue weighted by molar-refractivity contribution is -0.137. The van der Waals surface area contributed by atoms with Gasteiger partial charge in [-0.05, 0) is 74.8 Å². The number of nitrogens with zero attached hydrogens (tertiary/aromatic N) is 5. The number of likely N-dealkylation sites (N-methyl/N-ethyl adjacent to an activating group) is 2. The summed E-state index contributed by atoms with van der Waals surface area (Å²) in [5, 5.41) is 12.4. The number of piperidine rings is 1. The van der Waals surface area contributed by atoms with E-state index in [2.05, 4.69) is 16.3 Å². The Balaban J connectivity index is 0.00000372. The molecule has 3 atom stereocenters. The largest absolute Gasteiger partial charge is 0.492 e. The van der Waals surface area contributed by atoms with E-state index in [4.69, 9.17) is 20.2 Å². The molecule has 0 radical (unpaired) electrons. The number of hydrogen-bond donors (Lipinski definition) is 2. The van der Waals surface area contributed by atoms with Gasteiger partial charge < -0.3 is 25.4 Å². The minimum Gasteiger partial charge on any atom is -0.492 e. The molecule has 3 saturated heterocycles. The number of nitrogens with two attached hydrogens (primary N) is 1. The SMILES string of the molecule is CCN1C(=O)[C@@H](NC(=O)c2cccc(C(F)(F)F)c2)[C@@H](c2ccc(F)cc2)/C(=C(/N)C(=O)N2CCC[C@H]2C#N)C1=Nc1cccc(OCCN(C)C2COC2)c1.I.[HH]. The molecule has 3 aliphatic heterocycles. The van der Waals surface area contributed by atoms with E-state index >= 15 is 0 Å². The van der Waals surface area contributed by atoms with Gasteiger partial charge in [0, 0.05) is 44.2 Å². The van der Waals surface area contributed by atoms with E-state index in [0.717, 1.165) is 24.3 Å². The number of hydrogen-bond acceptors (Lipinski definition) is 9. The van der Waals surface area contributed by atoms with Crippen LogP contribution in [0.4, 0.5) is 23.2 Å². The summed E-state index contributed by atoms with van der Waals surface area (Å²) >= 11 is 0. The smallest absolute Gasteiger partial charge is 0.416 e. The predicted octanol–water partition coefficient (Wildman–Crippen LogP) is 5.62. The van der Waals surface area contributed by atoms with Crippen LogP contribution in [0.25, 0.3) is 0 Å². The number of amides is 3. The number of likely N-dealkylation sites (tertiary alicyclic amines) is 2. The zero-order chi connectivity index (χ0) is 40.1. The van der Waals surface area contributed by atoms with Gasteiger partial charge in [0.2, 0.25) is 0 Å². The van der Waals surface area contributed by atoms with Gasteiger partial charge in [0.25, 0.3) is 17.7 Å². The molecule has 17 heteroatoms. The zero-order valence-corrected chi connectivity index (χ0v) is 33.5. The van der Waals surface area contributed by atoms with Gasteiger partial charge in [-0.1, -0.05) is 24.3 Å². The van der Waals surface area contributed by atoms with Gasteiger partial charge >= 0.3 is 6.18 Å². The fourth-order valence-electron chi connectivity index (χ4n) is 6.96. The predicted molar refractivity (Wildman–Crippen MR) is 215 cm³/mol. The second kappa shape index (κ2) is 18.5. The first-order valence-corrected chi connectivity index (χ1v) is 18.2. The van der Waals surface area contributed by atoms with Gasteiger partial charge in [-0.15, -0.1) is 24.0 Å². The lowest BCUT2D eigenvalue weighted by Crippen LogP contribution is -2.59. The summed E-state index contributed by atoms with van der Waals surface area (Å²) in [7, 11) is 1.98. The van der Waals surface area contributed by atoms with Crippen molar-refractivity contribution in [2.45, 2.75) is 50.0 Å². The van der Waals surface area contributed by atoms with E-state index in [9.17, 15) is 37.2 Å². The van der Waals surface area contributed by atoms with Crippen LogP contribution in [0.1, 0.15) is 48.6 Å². The highest BCUT2D eigenvalue weighted by atomic mass is 127. The number of nitriles is 1. The Morgan fingerprint density at radius 2 is 1.84 bits per heavy atom. The topological polar surface area (TPSA) is 154 Å². The van der Waals surface area contributed by atoms with E-state index in [1.807, 2.05) is 7.05 Å². The van der Waals surface area contributed by atoms with Gasteiger partial charge in [0.05, 0.1) is 36.6 Å². The van der Waals surface area contributed by atoms with Crippen LogP contribution in [0.3, 0.4) is 0 Å². The molecule has 3 aromatic carbocycles. The molecule has 12 nitrogen and oxygen atoms in total. The van der Waals surface area contributed by atoms with Crippen molar-refractivity contribution in [2.75, 3.05) is 46.5 Å². The van der Waals surface area contributed by atoms with E-state index in [-0.39, 0.29) is 66.7 Å². The van der Waals surface area contributed by atoms with Gasteiger partial charge in [0.15, 0.2) is 0 Å². The second-order valence-electron chi connectivity index (χ2n) is 13.7. The Morgan fingerprint density at radius 3 is 2.49 bits per heavy atom. The quantitative estimate of drug-likeness (QED) is 0.143. The van der Waals surface area contributed by atoms with Crippen LogP contribution in [-0.4, -0.2) is 103 Å². The molecular formula is C40H44F4IN7O5. The third kappa shape index (κ3) is 9.57. The van der Waals surface area contributed by atoms with Crippen LogP contribution in [0.15, 0.2) is 89.1 Å². The first-order chi connectivity index (χ1) is 26.8. The molecule has 0 aliphatic carbocycles. The third-order valence-electron chi connectivity index (χ3n) is 10.1. The molecule has 0 bridgehead atoms. The highest BCUT2D eigenvalue weighted by molar-refractivity contribution is 14.0. The molecule has 0 unspecified atom stereocenters. The van der Waals surface area contributed by atoms with Gasteiger partial charge in [-0.25, -0.2) is 9.38 Å². The summed E-state index contributed by atoms with van der Waals surface area (Å²) in [4.78, 5) is 52.1. The standard InChI is InChI=1S/C40H41F4N7O5.HI.H2/c1-3-50-36(47-28-9-5-11-31(20-28)56-18-17-49(2)30-22-55-23-30)33(34(46)38(53)51-16-6-10-29(51)21-45)32(24-12-14-27(41)15-13-24)35(39(50)54)48-37(52)25-7-4-8-26(19-25)40(42,43)44;;/h4-5,7-9,11-15,19-20,29-30,32,35H,3,6,10,16-18,22-23,46H2,1-2H3,(H,48,52);2*1H/b34-33-,47-36?;;/t29-,32-,35-;;/m0../s1. The number of rotatable bonds is 11. The van der Waals surface area contributed by atoms with E-state index in [1.165, 1.54) is 28.0 Å². The van der Waals surface area contributed by atoms with Gasteiger partial charge in [0.1, 0.15) is 41.8 Å². The summed E-state index contributed by atoms with van der Waals surface area (Å²) in [6.45, 7) is 4.13.